The van der Waals surface area contributed by atoms with E-state index in [1.165, 1.54) is 31.4 Å². The van der Waals surface area contributed by atoms with Crippen molar-refractivity contribution in [2.75, 3.05) is 64.3 Å². The molecule has 2 saturated heterocycles. The van der Waals surface area contributed by atoms with Crippen molar-refractivity contribution in [2.24, 2.45) is 0 Å². The minimum atomic E-state index is 0.695. The van der Waals surface area contributed by atoms with Crippen molar-refractivity contribution < 1.29 is 4.74 Å². The van der Waals surface area contributed by atoms with E-state index in [0.29, 0.717) is 5.02 Å². The summed E-state index contributed by atoms with van der Waals surface area (Å²) in [5, 5.41) is 7.28. The smallest absolute Gasteiger partial charge is 0.0968 e. The van der Waals surface area contributed by atoms with Crippen LogP contribution in [0.15, 0.2) is 36.4 Å². The van der Waals surface area contributed by atoms with Crippen LogP contribution in [0.4, 0.5) is 5.69 Å². The number of fused-ring (bicyclic) bond motifs is 4. The zero-order valence-electron chi connectivity index (χ0n) is 20.6. The van der Waals surface area contributed by atoms with Crippen molar-refractivity contribution in [2.45, 2.75) is 25.8 Å². The molecule has 36 heavy (non-hydrogen) atoms. The number of nitrogens with zero attached hydrogens (tertiary/aromatic N) is 4. The number of ether oxygens (including phenoxy) is 1. The van der Waals surface area contributed by atoms with E-state index in [9.17, 15) is 0 Å². The lowest BCUT2D eigenvalue weighted by Crippen LogP contribution is -2.37. The number of halogens is 2. The van der Waals surface area contributed by atoms with Crippen LogP contribution in [0.25, 0.3) is 32.8 Å². The summed E-state index contributed by atoms with van der Waals surface area (Å²) in [6.45, 7) is 10.1. The second-order valence-corrected chi connectivity index (χ2v) is 10.8. The van der Waals surface area contributed by atoms with Gasteiger partial charge >= 0.3 is 0 Å². The molecule has 0 bridgehead atoms. The minimum Gasteiger partial charge on any atom is -0.384 e. The second kappa shape index (κ2) is 10.7. The number of nitrogens with one attached hydrogen (secondary N) is 1. The molecule has 0 spiro atoms. The van der Waals surface area contributed by atoms with Crippen molar-refractivity contribution in [1.82, 2.24) is 19.4 Å². The normalized spacial score (nSPS) is 17.6. The van der Waals surface area contributed by atoms with E-state index in [1.54, 1.807) is 0 Å². The molecule has 0 unspecified atom stereocenters. The Morgan fingerprint density at radius 1 is 0.806 bits per heavy atom. The molecular weight excluding hydrogens is 493 g/mol. The molecule has 2 aromatic carbocycles. The van der Waals surface area contributed by atoms with Gasteiger partial charge in [-0.1, -0.05) is 23.2 Å². The van der Waals surface area contributed by atoms with Gasteiger partial charge in [0.25, 0.3) is 0 Å². The number of hydrogen-bond acceptors (Lipinski definition) is 5. The van der Waals surface area contributed by atoms with Crippen molar-refractivity contribution in [3.05, 3.63) is 46.4 Å². The molecule has 1 N–H and O–H groups in total. The Kier molecular flexibility index (Phi) is 7.22. The van der Waals surface area contributed by atoms with Crippen LogP contribution in [-0.2, 0) is 11.3 Å². The van der Waals surface area contributed by atoms with E-state index in [4.69, 9.17) is 32.9 Å². The van der Waals surface area contributed by atoms with Gasteiger partial charge in [-0.25, -0.2) is 4.98 Å². The number of anilines is 1. The molecule has 2 aliphatic heterocycles. The van der Waals surface area contributed by atoms with Gasteiger partial charge in [-0.15, -0.1) is 0 Å². The highest BCUT2D eigenvalue weighted by Gasteiger charge is 2.18. The molecule has 8 heteroatoms. The lowest BCUT2D eigenvalue weighted by molar-refractivity contribution is 0.0378. The predicted molar refractivity (Wildman–Crippen MR) is 151 cm³/mol. The number of likely N-dealkylation sites (tertiary alicyclic amines) is 1. The first-order valence-corrected chi connectivity index (χ1v) is 13.9. The first kappa shape index (κ1) is 24.3. The maximum absolute atomic E-state index is 6.55. The number of rotatable bonds is 8. The summed E-state index contributed by atoms with van der Waals surface area (Å²) in [6.07, 6.45) is 3.67. The third-order valence-electron chi connectivity index (χ3n) is 7.58. The Morgan fingerprint density at radius 2 is 1.61 bits per heavy atom. The van der Waals surface area contributed by atoms with Crippen LogP contribution < -0.4 is 5.32 Å². The van der Waals surface area contributed by atoms with Gasteiger partial charge in [0.05, 0.1) is 35.3 Å². The van der Waals surface area contributed by atoms with E-state index in [1.807, 2.05) is 24.3 Å². The number of hydrogen-bond donors (Lipinski definition) is 1. The summed E-state index contributed by atoms with van der Waals surface area (Å²) >= 11 is 13.0. The largest absolute Gasteiger partial charge is 0.384 e. The molecule has 0 saturated carbocycles. The number of pyridine rings is 1. The molecule has 6 rings (SSSR count). The number of morpholine rings is 1. The van der Waals surface area contributed by atoms with Crippen molar-refractivity contribution in [3.63, 3.8) is 0 Å². The summed E-state index contributed by atoms with van der Waals surface area (Å²) in [7, 11) is 0. The lowest BCUT2D eigenvalue weighted by Gasteiger charge is -2.26. The first-order valence-electron chi connectivity index (χ1n) is 13.1. The van der Waals surface area contributed by atoms with Gasteiger partial charge in [0.1, 0.15) is 0 Å². The standard InChI is InChI=1S/C28H33Cl2N5O/c29-20-4-5-26-23(16-20)28-27(35(26)11-10-33-7-1-2-8-33)19-22-24(17-21(30)18-25(22)32-28)31-6-3-9-34-12-14-36-15-13-34/h4-5,16-19,31H,1-3,6-15H2. The van der Waals surface area contributed by atoms with Crippen LogP contribution in [0.2, 0.25) is 10.0 Å². The highest BCUT2D eigenvalue weighted by molar-refractivity contribution is 6.32. The average Bonchev–Trinajstić information content (AvgIpc) is 3.50. The van der Waals surface area contributed by atoms with E-state index in [-0.39, 0.29) is 0 Å². The third-order valence-corrected chi connectivity index (χ3v) is 8.04. The maximum atomic E-state index is 6.55. The van der Waals surface area contributed by atoms with Gasteiger partial charge in [-0.3, -0.25) is 4.90 Å². The Bertz CT molecular complexity index is 1380. The van der Waals surface area contributed by atoms with Gasteiger partial charge in [0, 0.05) is 59.2 Å². The summed E-state index contributed by atoms with van der Waals surface area (Å²) < 4.78 is 7.88. The van der Waals surface area contributed by atoms with Gasteiger partial charge in [0.15, 0.2) is 0 Å². The Morgan fingerprint density at radius 3 is 2.44 bits per heavy atom. The molecule has 190 valence electrons. The highest BCUT2D eigenvalue weighted by Crippen LogP contribution is 2.35. The highest BCUT2D eigenvalue weighted by atomic mass is 35.5. The second-order valence-electron chi connectivity index (χ2n) is 9.97. The molecule has 2 aliphatic rings. The van der Waals surface area contributed by atoms with E-state index >= 15 is 0 Å². The average molecular weight is 527 g/mol. The van der Waals surface area contributed by atoms with Crippen molar-refractivity contribution in [1.29, 1.82) is 0 Å². The van der Waals surface area contributed by atoms with Crippen LogP contribution >= 0.6 is 23.2 Å². The van der Waals surface area contributed by atoms with Crippen molar-refractivity contribution in [3.8, 4) is 0 Å². The minimum absolute atomic E-state index is 0.695. The van der Waals surface area contributed by atoms with Gasteiger partial charge in [0.2, 0.25) is 0 Å². The molecule has 0 atom stereocenters. The number of aromatic nitrogens is 2. The molecule has 6 nitrogen and oxygen atoms in total. The monoisotopic (exact) mass is 525 g/mol. The van der Waals surface area contributed by atoms with Crippen LogP contribution in [0.5, 0.6) is 0 Å². The molecule has 2 aromatic heterocycles. The predicted octanol–water partition coefficient (Wildman–Crippen LogP) is 5.88. The summed E-state index contributed by atoms with van der Waals surface area (Å²) in [6, 6.07) is 12.4. The zero-order chi connectivity index (χ0) is 24.5. The fraction of sp³-hybridized carbons (Fsp3) is 0.464. The van der Waals surface area contributed by atoms with Gasteiger partial charge < -0.3 is 19.5 Å². The molecular formula is C28H33Cl2N5O. The quantitative estimate of drug-likeness (QED) is 0.291. The van der Waals surface area contributed by atoms with Crippen molar-refractivity contribution >= 4 is 61.7 Å². The fourth-order valence-electron chi connectivity index (χ4n) is 5.68. The Hall–Kier alpha value is -2.09. The Labute approximate surface area is 222 Å². The topological polar surface area (TPSA) is 45.6 Å². The maximum Gasteiger partial charge on any atom is 0.0968 e. The van der Waals surface area contributed by atoms with Crippen LogP contribution in [-0.4, -0.2) is 78.4 Å². The van der Waals surface area contributed by atoms with E-state index < -0.39 is 0 Å². The molecule has 2 fully saturated rings. The fourth-order valence-corrected chi connectivity index (χ4v) is 6.07. The molecule has 4 heterocycles. The molecule has 0 aliphatic carbocycles. The van der Waals surface area contributed by atoms with Gasteiger partial charge in [-0.05, 0) is 75.3 Å². The Balaban J connectivity index is 1.34. The van der Waals surface area contributed by atoms with Gasteiger partial charge in [-0.2, -0.15) is 0 Å². The summed E-state index contributed by atoms with van der Waals surface area (Å²) in [4.78, 5) is 10.2. The first-order chi connectivity index (χ1) is 17.7. The molecule has 0 radical (unpaired) electrons. The number of benzene rings is 2. The van der Waals surface area contributed by atoms with Crippen LogP contribution in [0.3, 0.4) is 0 Å². The van der Waals surface area contributed by atoms with Crippen LogP contribution in [0.1, 0.15) is 19.3 Å². The SMILES string of the molecule is Clc1cc(NCCCN2CCOCC2)c2cc3c(nc2c1)c1cc(Cl)ccc1n3CCN1CCCC1. The zero-order valence-corrected chi connectivity index (χ0v) is 22.1. The van der Waals surface area contributed by atoms with E-state index in [2.05, 4.69) is 31.8 Å². The third kappa shape index (κ3) is 5.02. The van der Waals surface area contributed by atoms with E-state index in [0.717, 1.165) is 96.9 Å². The van der Waals surface area contributed by atoms with Crippen LogP contribution in [0, 0.1) is 0 Å². The summed E-state index contributed by atoms with van der Waals surface area (Å²) in [5.41, 5.74) is 5.27. The lowest BCUT2D eigenvalue weighted by atomic mass is 10.1. The molecule has 0 amide bonds. The summed E-state index contributed by atoms with van der Waals surface area (Å²) in [5.74, 6) is 0. The molecule has 4 aromatic rings.